The molecular weight excluding hydrogens is 200 g/mol. The van der Waals surface area contributed by atoms with Crippen molar-refractivity contribution in [2.75, 3.05) is 6.61 Å². The maximum absolute atomic E-state index is 6.14. The zero-order valence-electron chi connectivity index (χ0n) is 10.4. The minimum atomic E-state index is 0.243. The molecule has 2 heterocycles. The summed E-state index contributed by atoms with van der Waals surface area (Å²) in [5.41, 5.74) is 0.777. The van der Waals surface area contributed by atoms with Crippen LogP contribution in [0.3, 0.4) is 0 Å². The standard InChI is InChI=1S/C14H22O2/c1-13(2)9-6-11(13)14(12(7-9)16-14)8-10-4-3-5-15-10/h9-12H,3-8H2,1-2H3/t9-,10+,11-,12+,14-/m1/s1. The van der Waals surface area contributed by atoms with Crippen molar-refractivity contribution >= 4 is 0 Å². The lowest BCUT2D eigenvalue weighted by atomic mass is 9.45. The highest BCUT2D eigenvalue weighted by Crippen LogP contribution is 2.71. The monoisotopic (exact) mass is 222 g/mol. The lowest BCUT2D eigenvalue weighted by molar-refractivity contribution is -0.0960. The number of hydrogen-bond donors (Lipinski definition) is 0. The van der Waals surface area contributed by atoms with Crippen LogP contribution in [0.1, 0.15) is 46.0 Å². The predicted molar refractivity (Wildman–Crippen MR) is 61.2 cm³/mol. The van der Waals surface area contributed by atoms with Gasteiger partial charge in [-0.3, -0.25) is 0 Å². The molecule has 2 heteroatoms. The lowest BCUT2D eigenvalue weighted by Gasteiger charge is -2.58. The fourth-order valence-electron chi connectivity index (χ4n) is 4.77. The van der Waals surface area contributed by atoms with E-state index < -0.39 is 0 Å². The molecule has 0 spiro atoms. The first-order valence-electron chi connectivity index (χ1n) is 6.92. The molecule has 3 saturated carbocycles. The van der Waals surface area contributed by atoms with Crippen molar-refractivity contribution in [1.29, 1.82) is 0 Å². The van der Waals surface area contributed by atoms with E-state index in [1.54, 1.807) is 0 Å². The molecule has 16 heavy (non-hydrogen) atoms. The Morgan fingerprint density at radius 3 is 2.81 bits per heavy atom. The van der Waals surface area contributed by atoms with Crippen LogP contribution in [0.2, 0.25) is 0 Å². The first kappa shape index (κ1) is 9.90. The van der Waals surface area contributed by atoms with Gasteiger partial charge in [0.15, 0.2) is 0 Å². The van der Waals surface area contributed by atoms with Gasteiger partial charge in [-0.25, -0.2) is 0 Å². The van der Waals surface area contributed by atoms with Gasteiger partial charge in [-0.2, -0.15) is 0 Å². The fourth-order valence-corrected chi connectivity index (χ4v) is 4.77. The second kappa shape index (κ2) is 2.84. The molecule has 2 bridgehead atoms. The highest BCUT2D eigenvalue weighted by Gasteiger charge is 2.74. The molecule has 0 aromatic rings. The Kier molecular flexibility index (Phi) is 1.76. The molecular formula is C14H22O2. The predicted octanol–water partition coefficient (Wildman–Crippen LogP) is 2.76. The maximum atomic E-state index is 6.14. The van der Waals surface area contributed by atoms with Gasteiger partial charge in [-0.1, -0.05) is 13.8 Å². The van der Waals surface area contributed by atoms with Gasteiger partial charge in [-0.05, 0) is 42.9 Å². The molecule has 5 fully saturated rings. The van der Waals surface area contributed by atoms with E-state index in [0.29, 0.717) is 17.6 Å². The zero-order chi connectivity index (χ0) is 11.0. The van der Waals surface area contributed by atoms with E-state index in [-0.39, 0.29) is 5.60 Å². The molecule has 90 valence electrons. The summed E-state index contributed by atoms with van der Waals surface area (Å²) in [6.45, 7) is 5.87. The fraction of sp³-hybridized carbons (Fsp3) is 1.00. The molecule has 5 rings (SSSR count). The van der Waals surface area contributed by atoms with Crippen molar-refractivity contribution < 1.29 is 9.47 Å². The Morgan fingerprint density at radius 2 is 2.12 bits per heavy atom. The summed E-state index contributed by atoms with van der Waals surface area (Å²) in [6.07, 6.45) is 7.51. The summed E-state index contributed by atoms with van der Waals surface area (Å²) in [5.74, 6) is 1.75. The Morgan fingerprint density at radius 1 is 1.25 bits per heavy atom. The van der Waals surface area contributed by atoms with Crippen LogP contribution >= 0.6 is 0 Å². The van der Waals surface area contributed by atoms with E-state index in [2.05, 4.69) is 13.8 Å². The topological polar surface area (TPSA) is 21.8 Å². The molecule has 0 unspecified atom stereocenters. The van der Waals surface area contributed by atoms with Gasteiger partial charge in [0.25, 0.3) is 0 Å². The molecule has 3 aliphatic carbocycles. The molecule has 5 aliphatic rings. The first-order valence-corrected chi connectivity index (χ1v) is 6.92. The van der Waals surface area contributed by atoms with E-state index >= 15 is 0 Å². The van der Waals surface area contributed by atoms with E-state index in [4.69, 9.17) is 9.47 Å². The van der Waals surface area contributed by atoms with Crippen molar-refractivity contribution in [1.82, 2.24) is 0 Å². The molecule has 2 saturated heterocycles. The quantitative estimate of drug-likeness (QED) is 0.670. The summed E-state index contributed by atoms with van der Waals surface area (Å²) in [5, 5.41) is 0. The van der Waals surface area contributed by atoms with Gasteiger partial charge >= 0.3 is 0 Å². The van der Waals surface area contributed by atoms with Gasteiger partial charge in [0.05, 0.1) is 12.2 Å². The summed E-state index contributed by atoms with van der Waals surface area (Å²) < 4.78 is 11.9. The van der Waals surface area contributed by atoms with E-state index in [1.807, 2.05) is 0 Å². The molecule has 2 nitrogen and oxygen atoms in total. The third kappa shape index (κ3) is 1.06. The Hall–Kier alpha value is -0.0800. The summed E-state index contributed by atoms with van der Waals surface area (Å²) in [7, 11) is 0. The second-order valence-electron chi connectivity index (χ2n) is 6.94. The Bertz CT molecular complexity index is 319. The van der Waals surface area contributed by atoms with Crippen LogP contribution in [0, 0.1) is 17.3 Å². The zero-order valence-corrected chi connectivity index (χ0v) is 10.4. The lowest BCUT2D eigenvalue weighted by Crippen LogP contribution is -2.57. The minimum absolute atomic E-state index is 0.243. The molecule has 2 aliphatic heterocycles. The number of ether oxygens (including phenoxy) is 2. The van der Waals surface area contributed by atoms with E-state index in [0.717, 1.165) is 18.4 Å². The van der Waals surface area contributed by atoms with Crippen LogP contribution in [0.4, 0.5) is 0 Å². The van der Waals surface area contributed by atoms with Gasteiger partial charge in [-0.15, -0.1) is 0 Å². The van der Waals surface area contributed by atoms with Gasteiger partial charge in [0.1, 0.15) is 5.60 Å². The molecule has 0 amide bonds. The van der Waals surface area contributed by atoms with E-state index in [9.17, 15) is 0 Å². The first-order chi connectivity index (χ1) is 7.63. The number of epoxide rings is 1. The summed E-state index contributed by atoms with van der Waals surface area (Å²) in [6, 6.07) is 0. The third-order valence-electron chi connectivity index (χ3n) is 5.98. The van der Waals surface area contributed by atoms with Crippen molar-refractivity contribution in [3.63, 3.8) is 0 Å². The molecule has 0 aromatic heterocycles. The summed E-state index contributed by atoms with van der Waals surface area (Å²) in [4.78, 5) is 0. The van der Waals surface area contributed by atoms with Crippen LogP contribution in [0.5, 0.6) is 0 Å². The second-order valence-corrected chi connectivity index (χ2v) is 6.94. The molecule has 0 aromatic carbocycles. The average Bonchev–Trinajstić information content (AvgIpc) is 2.74. The van der Waals surface area contributed by atoms with Crippen LogP contribution in [0.15, 0.2) is 0 Å². The SMILES string of the molecule is CC1(C)[C@H]2C[C@@H]3O[C@]3(C[C@@H]3CCCO3)[C@@H]1C2. The highest BCUT2D eigenvalue weighted by molar-refractivity contribution is 5.22. The smallest absolute Gasteiger partial charge is 0.101 e. The van der Waals surface area contributed by atoms with Gasteiger partial charge in [0.2, 0.25) is 0 Å². The largest absolute Gasteiger partial charge is 0.378 e. The van der Waals surface area contributed by atoms with Gasteiger partial charge < -0.3 is 9.47 Å². The van der Waals surface area contributed by atoms with Gasteiger partial charge in [0, 0.05) is 13.0 Å². The normalized spacial score (nSPS) is 56.6. The van der Waals surface area contributed by atoms with Crippen LogP contribution in [-0.2, 0) is 9.47 Å². The average molecular weight is 222 g/mol. The van der Waals surface area contributed by atoms with E-state index in [1.165, 1.54) is 32.1 Å². The molecule has 0 radical (unpaired) electrons. The molecule has 0 N–H and O–H groups in total. The van der Waals surface area contributed by atoms with Crippen molar-refractivity contribution in [2.45, 2.75) is 63.8 Å². The van der Waals surface area contributed by atoms with Crippen LogP contribution < -0.4 is 0 Å². The summed E-state index contributed by atoms with van der Waals surface area (Å²) >= 11 is 0. The Labute approximate surface area is 97.7 Å². The highest BCUT2D eigenvalue weighted by atomic mass is 16.6. The van der Waals surface area contributed by atoms with Crippen LogP contribution in [0.25, 0.3) is 0 Å². The van der Waals surface area contributed by atoms with Crippen molar-refractivity contribution in [3.05, 3.63) is 0 Å². The number of rotatable bonds is 2. The van der Waals surface area contributed by atoms with Crippen LogP contribution in [-0.4, -0.2) is 24.4 Å². The number of hydrogen-bond acceptors (Lipinski definition) is 2. The maximum Gasteiger partial charge on any atom is 0.101 e. The van der Waals surface area contributed by atoms with Crippen molar-refractivity contribution in [2.24, 2.45) is 17.3 Å². The molecule has 5 atom stereocenters. The minimum Gasteiger partial charge on any atom is -0.378 e. The third-order valence-corrected chi connectivity index (χ3v) is 5.98. The van der Waals surface area contributed by atoms with Crippen molar-refractivity contribution in [3.8, 4) is 0 Å². The Balaban J connectivity index is 1.54.